The van der Waals surface area contributed by atoms with Gasteiger partial charge in [-0.3, -0.25) is 4.79 Å². The minimum absolute atomic E-state index is 0.0551. The van der Waals surface area contributed by atoms with Crippen molar-refractivity contribution < 1.29 is 18.7 Å². The number of methoxy groups -OCH3 is 1. The lowest BCUT2D eigenvalue weighted by Gasteiger charge is -2.24. The molecule has 0 saturated carbocycles. The fraction of sp³-hybridized carbons (Fsp3) is 0.385. The van der Waals surface area contributed by atoms with Crippen molar-refractivity contribution in [3.63, 3.8) is 0 Å². The van der Waals surface area contributed by atoms with Gasteiger partial charge in [-0.2, -0.15) is 9.78 Å². The number of nitrogens with zero attached hydrogens (tertiary/aromatic N) is 3. The molecule has 1 fully saturated rings. The number of benzene rings is 2. The summed E-state index contributed by atoms with van der Waals surface area (Å²) in [6.07, 6.45) is 3.74. The van der Waals surface area contributed by atoms with Crippen molar-refractivity contribution >= 4 is 27.7 Å². The van der Waals surface area contributed by atoms with Crippen molar-refractivity contribution in [3.8, 4) is 11.4 Å². The van der Waals surface area contributed by atoms with Gasteiger partial charge in [0.05, 0.1) is 30.9 Å². The summed E-state index contributed by atoms with van der Waals surface area (Å²) in [6.45, 7) is 7.09. The molecule has 4 aromatic rings. The quantitative estimate of drug-likeness (QED) is 0.402. The van der Waals surface area contributed by atoms with Crippen LogP contribution in [0.5, 0.6) is 5.75 Å². The minimum Gasteiger partial charge on any atom is -0.494 e. The third kappa shape index (κ3) is 3.70. The molecule has 1 saturated heterocycles. The smallest absolute Gasteiger partial charge is 0.252 e. The van der Waals surface area contributed by atoms with Crippen LogP contribution in [0, 0.1) is 11.2 Å². The Morgan fingerprint density at radius 2 is 1.94 bits per heavy atom. The van der Waals surface area contributed by atoms with Crippen molar-refractivity contribution in [2.75, 3.05) is 20.3 Å². The molecule has 0 N–H and O–H groups in total. The zero-order chi connectivity index (χ0) is 23.3. The molecule has 172 valence electrons. The summed E-state index contributed by atoms with van der Waals surface area (Å²) in [5, 5.41) is 6.26. The van der Waals surface area contributed by atoms with Crippen molar-refractivity contribution in [1.29, 1.82) is 0 Å². The van der Waals surface area contributed by atoms with Gasteiger partial charge in [0.25, 0.3) is 5.91 Å². The van der Waals surface area contributed by atoms with E-state index in [-0.39, 0.29) is 17.6 Å². The number of carbonyl (C=O) groups excluding carboxylic acids is 1. The first-order valence-electron chi connectivity index (χ1n) is 11.3. The highest BCUT2D eigenvalue weighted by Gasteiger charge is 2.27. The minimum atomic E-state index is -0.547. The summed E-state index contributed by atoms with van der Waals surface area (Å²) in [5.41, 5.74) is 3.13. The van der Waals surface area contributed by atoms with E-state index in [1.807, 2.05) is 32.9 Å². The Hall–Kier alpha value is -3.19. The first kappa shape index (κ1) is 21.6. The van der Waals surface area contributed by atoms with E-state index in [1.165, 1.54) is 17.9 Å². The number of carbonyl (C=O) groups is 1. The fourth-order valence-corrected chi connectivity index (χ4v) is 4.58. The molecular formula is C26H28FN3O3. The zero-order valence-electron chi connectivity index (χ0n) is 19.4. The van der Waals surface area contributed by atoms with E-state index >= 15 is 0 Å². The van der Waals surface area contributed by atoms with Crippen LogP contribution in [0.4, 0.5) is 4.39 Å². The number of aromatic nitrogens is 3. The predicted octanol–water partition coefficient (Wildman–Crippen LogP) is 5.71. The first-order chi connectivity index (χ1) is 15.8. The summed E-state index contributed by atoms with van der Waals surface area (Å²) in [4.78, 5) is 13.0. The van der Waals surface area contributed by atoms with Crippen LogP contribution in [0.1, 0.15) is 50.0 Å². The lowest BCUT2D eigenvalue weighted by Crippen LogP contribution is -2.27. The highest BCUT2D eigenvalue weighted by molar-refractivity contribution is 6.01. The van der Waals surface area contributed by atoms with Crippen LogP contribution in [0.25, 0.3) is 27.5 Å². The molecule has 33 heavy (non-hydrogen) atoms. The Morgan fingerprint density at radius 1 is 1.15 bits per heavy atom. The monoisotopic (exact) mass is 449 g/mol. The molecule has 0 bridgehead atoms. The van der Waals surface area contributed by atoms with E-state index in [0.717, 1.165) is 52.6 Å². The molecule has 0 spiro atoms. The van der Waals surface area contributed by atoms with Crippen LogP contribution in [0.2, 0.25) is 0 Å². The van der Waals surface area contributed by atoms with Gasteiger partial charge in [0.1, 0.15) is 0 Å². The molecule has 3 heterocycles. The fourth-order valence-electron chi connectivity index (χ4n) is 4.58. The van der Waals surface area contributed by atoms with Crippen LogP contribution in [-0.4, -0.2) is 40.6 Å². The molecule has 1 aliphatic rings. The van der Waals surface area contributed by atoms with Gasteiger partial charge in [0.15, 0.2) is 11.6 Å². The summed E-state index contributed by atoms with van der Waals surface area (Å²) < 4.78 is 28.8. The third-order valence-electron chi connectivity index (χ3n) is 6.32. The number of fused-ring (bicyclic) bond motifs is 2. The average molecular weight is 450 g/mol. The van der Waals surface area contributed by atoms with Crippen LogP contribution in [0.3, 0.4) is 0 Å². The van der Waals surface area contributed by atoms with Crippen LogP contribution >= 0.6 is 0 Å². The summed E-state index contributed by atoms with van der Waals surface area (Å²) in [7, 11) is 1.47. The standard InChI is InChI=1S/C26H28FN3O3/c1-26(2,3)25(31)30-23-11-17-10-21(16-6-5-9-33-15-16)29(22(17)12-18(23)14-28-30)19-7-8-20(27)24(13-19)32-4/h7-8,10-14,16H,5-6,9,15H2,1-4H3. The van der Waals surface area contributed by atoms with Gasteiger partial charge in [-0.05, 0) is 43.2 Å². The van der Waals surface area contributed by atoms with Crippen LogP contribution < -0.4 is 4.74 Å². The van der Waals surface area contributed by atoms with Crippen molar-refractivity contribution in [3.05, 3.63) is 54.1 Å². The predicted molar refractivity (Wildman–Crippen MR) is 126 cm³/mol. The van der Waals surface area contributed by atoms with E-state index in [2.05, 4.69) is 15.7 Å². The van der Waals surface area contributed by atoms with E-state index in [4.69, 9.17) is 9.47 Å². The molecule has 2 aromatic carbocycles. The van der Waals surface area contributed by atoms with Crippen molar-refractivity contribution in [2.24, 2.45) is 5.41 Å². The maximum atomic E-state index is 14.2. The maximum absolute atomic E-state index is 14.2. The second kappa shape index (κ2) is 7.99. The van der Waals surface area contributed by atoms with E-state index in [1.54, 1.807) is 18.3 Å². The Balaban J connectivity index is 1.75. The number of ether oxygens (including phenoxy) is 2. The van der Waals surface area contributed by atoms with Crippen LogP contribution in [-0.2, 0) is 4.74 Å². The van der Waals surface area contributed by atoms with Gasteiger partial charge in [0.2, 0.25) is 0 Å². The number of rotatable bonds is 3. The van der Waals surface area contributed by atoms with Crippen molar-refractivity contribution in [2.45, 2.75) is 39.5 Å². The van der Waals surface area contributed by atoms with E-state index < -0.39 is 11.2 Å². The molecule has 1 unspecified atom stereocenters. The molecule has 6 nitrogen and oxygen atoms in total. The largest absolute Gasteiger partial charge is 0.494 e. The Kier molecular flexibility index (Phi) is 5.24. The molecule has 0 aliphatic carbocycles. The average Bonchev–Trinajstić information content (AvgIpc) is 3.38. The molecule has 1 aliphatic heterocycles. The SMILES string of the molecule is COc1cc(-n2c(C3CCCOC3)cc3cc4c(cnn4C(=O)C(C)(C)C)cc32)ccc1F. The summed E-state index contributed by atoms with van der Waals surface area (Å²) in [6, 6.07) is 11.1. The van der Waals surface area contributed by atoms with Gasteiger partial charge < -0.3 is 14.0 Å². The van der Waals surface area contributed by atoms with Gasteiger partial charge in [-0.25, -0.2) is 4.39 Å². The number of hydrogen-bond acceptors (Lipinski definition) is 4. The zero-order valence-corrected chi connectivity index (χ0v) is 19.4. The molecule has 2 aromatic heterocycles. The lowest BCUT2D eigenvalue weighted by atomic mass is 9.96. The van der Waals surface area contributed by atoms with E-state index in [9.17, 15) is 9.18 Å². The Bertz CT molecular complexity index is 1360. The van der Waals surface area contributed by atoms with Crippen LogP contribution in [0.15, 0.2) is 42.6 Å². The summed E-state index contributed by atoms with van der Waals surface area (Å²) >= 11 is 0. The highest BCUT2D eigenvalue weighted by Crippen LogP contribution is 2.36. The normalized spacial score (nSPS) is 17.1. The maximum Gasteiger partial charge on any atom is 0.252 e. The molecule has 5 rings (SSSR count). The Morgan fingerprint density at radius 3 is 2.64 bits per heavy atom. The molecule has 0 amide bonds. The lowest BCUT2D eigenvalue weighted by molar-refractivity contribution is 0.0755. The topological polar surface area (TPSA) is 58.3 Å². The molecule has 0 radical (unpaired) electrons. The first-order valence-corrected chi connectivity index (χ1v) is 11.3. The van der Waals surface area contributed by atoms with Crippen molar-refractivity contribution in [1.82, 2.24) is 14.3 Å². The number of halogens is 1. The second-order valence-corrected chi connectivity index (χ2v) is 9.72. The van der Waals surface area contributed by atoms with Gasteiger partial charge in [0, 0.05) is 46.2 Å². The second-order valence-electron chi connectivity index (χ2n) is 9.72. The van der Waals surface area contributed by atoms with Gasteiger partial charge in [-0.1, -0.05) is 20.8 Å². The van der Waals surface area contributed by atoms with Gasteiger partial charge >= 0.3 is 0 Å². The Labute approximate surface area is 191 Å². The highest BCUT2D eigenvalue weighted by atomic mass is 19.1. The van der Waals surface area contributed by atoms with Gasteiger partial charge in [-0.15, -0.1) is 0 Å². The third-order valence-corrected chi connectivity index (χ3v) is 6.32. The summed E-state index contributed by atoms with van der Waals surface area (Å²) in [5.74, 6) is -0.0343. The molecular weight excluding hydrogens is 421 g/mol. The molecule has 1 atom stereocenters. The van der Waals surface area contributed by atoms with E-state index in [0.29, 0.717) is 6.61 Å². The number of hydrogen-bond donors (Lipinski definition) is 0. The molecule has 7 heteroatoms.